The summed E-state index contributed by atoms with van der Waals surface area (Å²) >= 11 is 6.56. The predicted octanol–water partition coefficient (Wildman–Crippen LogP) is 6.06. The number of halogens is 1. The molecule has 0 aliphatic carbocycles. The first kappa shape index (κ1) is 23.1. The van der Waals surface area contributed by atoms with Gasteiger partial charge in [-0.25, -0.2) is 4.79 Å². The summed E-state index contributed by atoms with van der Waals surface area (Å²) in [6, 6.07) is 21.6. The maximum absolute atomic E-state index is 13.7. The van der Waals surface area contributed by atoms with E-state index in [1.807, 2.05) is 31.2 Å². The average Bonchev–Trinajstić information content (AvgIpc) is 3.18. The Morgan fingerprint density at radius 1 is 1.00 bits per heavy atom. The van der Waals surface area contributed by atoms with Gasteiger partial charge >= 0.3 is 5.69 Å². The summed E-state index contributed by atoms with van der Waals surface area (Å²) in [6.45, 7) is 5.47. The van der Waals surface area contributed by atoms with Crippen molar-refractivity contribution in [3.63, 3.8) is 0 Å². The second-order valence-corrected chi connectivity index (χ2v) is 8.50. The van der Waals surface area contributed by atoms with Gasteiger partial charge in [0.1, 0.15) is 11.5 Å². The van der Waals surface area contributed by atoms with Gasteiger partial charge in [-0.2, -0.15) is 0 Å². The van der Waals surface area contributed by atoms with Crippen LogP contribution < -0.4 is 15.7 Å². The number of carbonyl (C=O) groups excluding carboxylic acids is 1. The fraction of sp³-hybridized carbons (Fsp3) is 0.0357. The Morgan fingerprint density at radius 3 is 2.50 bits per heavy atom. The molecular formula is C28H21ClN4O3. The maximum atomic E-state index is 13.7. The number of hydrogen-bond acceptors (Lipinski definition) is 4. The van der Waals surface area contributed by atoms with Gasteiger partial charge in [-0.05, 0) is 67.6 Å². The van der Waals surface area contributed by atoms with Gasteiger partial charge in [-0.1, -0.05) is 41.9 Å². The second-order valence-electron chi connectivity index (χ2n) is 8.09. The zero-order chi connectivity index (χ0) is 25.2. The molecule has 7 nitrogen and oxygen atoms in total. The van der Waals surface area contributed by atoms with Gasteiger partial charge in [0.05, 0.1) is 33.6 Å². The molecule has 3 aromatic carbocycles. The van der Waals surface area contributed by atoms with Gasteiger partial charge in [0.15, 0.2) is 0 Å². The van der Waals surface area contributed by atoms with Crippen LogP contribution in [0.1, 0.15) is 5.56 Å². The van der Waals surface area contributed by atoms with Crippen LogP contribution in [0.4, 0.5) is 5.69 Å². The third-order valence-corrected chi connectivity index (χ3v) is 5.92. The van der Waals surface area contributed by atoms with Gasteiger partial charge in [0.2, 0.25) is 5.91 Å². The number of nitrogens with one attached hydrogen (secondary N) is 1. The quantitative estimate of drug-likeness (QED) is 0.290. The summed E-state index contributed by atoms with van der Waals surface area (Å²) < 4.78 is 9.02. The summed E-state index contributed by atoms with van der Waals surface area (Å²) in [6.07, 6.45) is 4.44. The van der Waals surface area contributed by atoms with Crippen molar-refractivity contribution in [1.29, 1.82) is 0 Å². The van der Waals surface area contributed by atoms with Crippen molar-refractivity contribution in [2.24, 2.45) is 0 Å². The lowest BCUT2D eigenvalue weighted by molar-refractivity contribution is -0.111. The molecule has 5 aromatic rings. The molecule has 0 aliphatic rings. The SMILES string of the molecule is C=CC(=O)Nc1cccc(-n2c(=O)n(-c3ccc(Oc4ccc(C)cc4)c(Cl)c3)c3cnccc32)c1. The Morgan fingerprint density at radius 2 is 1.75 bits per heavy atom. The molecule has 2 heterocycles. The van der Waals surface area contributed by atoms with Gasteiger partial charge < -0.3 is 10.1 Å². The number of nitrogens with zero attached hydrogens (tertiary/aromatic N) is 3. The molecule has 8 heteroatoms. The van der Waals surface area contributed by atoms with Crippen LogP contribution in [0.25, 0.3) is 22.4 Å². The van der Waals surface area contributed by atoms with Gasteiger partial charge in [0, 0.05) is 11.9 Å². The first-order valence-corrected chi connectivity index (χ1v) is 11.5. The molecule has 0 bridgehead atoms. The van der Waals surface area contributed by atoms with E-state index in [0.29, 0.717) is 44.6 Å². The van der Waals surface area contributed by atoms with Crippen LogP contribution in [0.3, 0.4) is 0 Å². The Hall–Kier alpha value is -4.62. The van der Waals surface area contributed by atoms with E-state index in [-0.39, 0.29) is 11.6 Å². The highest BCUT2D eigenvalue weighted by molar-refractivity contribution is 6.32. The van der Waals surface area contributed by atoms with Crippen LogP contribution in [-0.4, -0.2) is 20.0 Å². The van der Waals surface area contributed by atoms with Crippen molar-refractivity contribution in [1.82, 2.24) is 14.1 Å². The number of benzene rings is 3. The van der Waals surface area contributed by atoms with E-state index in [0.717, 1.165) is 5.56 Å². The number of carbonyl (C=O) groups is 1. The summed E-state index contributed by atoms with van der Waals surface area (Å²) in [5.74, 6) is 0.801. The molecule has 0 unspecified atom stereocenters. The molecule has 0 atom stereocenters. The van der Waals surface area contributed by atoms with E-state index in [2.05, 4.69) is 16.9 Å². The highest BCUT2D eigenvalue weighted by atomic mass is 35.5. The molecule has 0 saturated heterocycles. The van der Waals surface area contributed by atoms with Gasteiger partial charge in [0.25, 0.3) is 0 Å². The minimum Gasteiger partial charge on any atom is -0.456 e. The number of aromatic nitrogens is 3. The molecule has 178 valence electrons. The topological polar surface area (TPSA) is 78.2 Å². The minimum atomic E-state index is -0.339. The molecule has 1 N–H and O–H groups in total. The molecule has 36 heavy (non-hydrogen) atoms. The van der Waals surface area contributed by atoms with Crippen molar-refractivity contribution >= 4 is 34.2 Å². The lowest BCUT2D eigenvalue weighted by atomic mass is 10.2. The van der Waals surface area contributed by atoms with Crippen molar-refractivity contribution in [3.8, 4) is 22.9 Å². The summed E-state index contributed by atoms with van der Waals surface area (Å²) in [7, 11) is 0. The van der Waals surface area contributed by atoms with E-state index in [4.69, 9.17) is 16.3 Å². The zero-order valence-electron chi connectivity index (χ0n) is 19.3. The zero-order valence-corrected chi connectivity index (χ0v) is 20.1. The summed E-state index contributed by atoms with van der Waals surface area (Å²) in [4.78, 5) is 29.7. The van der Waals surface area contributed by atoms with Crippen molar-refractivity contribution in [3.05, 3.63) is 119 Å². The van der Waals surface area contributed by atoms with E-state index in [9.17, 15) is 9.59 Å². The monoisotopic (exact) mass is 496 g/mol. The third kappa shape index (κ3) is 4.39. The normalized spacial score (nSPS) is 10.8. The predicted molar refractivity (Wildman–Crippen MR) is 142 cm³/mol. The lowest BCUT2D eigenvalue weighted by Gasteiger charge is -2.10. The molecule has 1 amide bonds. The Balaban J connectivity index is 1.59. The second kappa shape index (κ2) is 9.56. The van der Waals surface area contributed by atoms with E-state index in [1.165, 1.54) is 6.08 Å². The molecule has 0 radical (unpaired) electrons. The number of amides is 1. The number of hydrogen-bond donors (Lipinski definition) is 1. The van der Waals surface area contributed by atoms with Crippen molar-refractivity contribution < 1.29 is 9.53 Å². The first-order valence-electron chi connectivity index (χ1n) is 11.1. The average molecular weight is 497 g/mol. The number of ether oxygens (including phenoxy) is 1. The fourth-order valence-corrected chi connectivity index (χ4v) is 4.12. The molecule has 0 spiro atoms. The molecule has 2 aromatic heterocycles. The third-order valence-electron chi connectivity index (χ3n) is 5.62. The van der Waals surface area contributed by atoms with Crippen LogP contribution in [0, 0.1) is 6.92 Å². The number of rotatable bonds is 6. The molecular weight excluding hydrogens is 476 g/mol. The maximum Gasteiger partial charge on any atom is 0.338 e. The molecule has 0 aliphatic heterocycles. The Kier molecular flexibility index (Phi) is 6.14. The number of fused-ring (bicyclic) bond motifs is 1. The van der Waals surface area contributed by atoms with Crippen LogP contribution >= 0.6 is 11.6 Å². The lowest BCUT2D eigenvalue weighted by Crippen LogP contribution is -2.22. The Labute approximate surface area is 211 Å². The smallest absolute Gasteiger partial charge is 0.338 e. The highest BCUT2D eigenvalue weighted by Gasteiger charge is 2.18. The van der Waals surface area contributed by atoms with Crippen LogP contribution in [0.5, 0.6) is 11.5 Å². The molecule has 0 saturated carbocycles. The van der Waals surface area contributed by atoms with Crippen molar-refractivity contribution in [2.45, 2.75) is 6.92 Å². The van der Waals surface area contributed by atoms with E-state index >= 15 is 0 Å². The standard InChI is InChI=1S/C28H21ClN4O3/c1-3-27(34)31-19-5-4-6-20(15-19)32-24-13-14-30-17-25(24)33(28(32)35)21-9-12-26(23(29)16-21)36-22-10-7-18(2)8-11-22/h3-17H,1H2,2H3,(H,31,34). The van der Waals surface area contributed by atoms with Crippen molar-refractivity contribution in [2.75, 3.05) is 5.32 Å². The largest absolute Gasteiger partial charge is 0.456 e. The van der Waals surface area contributed by atoms with Crippen LogP contribution in [0.2, 0.25) is 5.02 Å². The fourth-order valence-electron chi connectivity index (χ4n) is 3.91. The number of pyridine rings is 1. The number of anilines is 1. The van der Waals surface area contributed by atoms with E-state index in [1.54, 1.807) is 70.1 Å². The Bertz CT molecular complexity index is 1670. The summed E-state index contributed by atoms with van der Waals surface area (Å²) in [5, 5.41) is 3.08. The summed E-state index contributed by atoms with van der Waals surface area (Å²) in [5.41, 5.74) is 3.76. The number of aryl methyl sites for hydroxylation is 1. The molecule has 5 rings (SSSR count). The number of imidazole rings is 1. The van der Waals surface area contributed by atoms with E-state index < -0.39 is 0 Å². The van der Waals surface area contributed by atoms with Gasteiger partial charge in [-0.15, -0.1) is 0 Å². The first-order chi connectivity index (χ1) is 17.4. The molecule has 0 fully saturated rings. The minimum absolute atomic E-state index is 0.312. The van der Waals surface area contributed by atoms with Crippen LogP contribution in [-0.2, 0) is 4.79 Å². The van der Waals surface area contributed by atoms with Gasteiger partial charge in [-0.3, -0.25) is 18.9 Å². The van der Waals surface area contributed by atoms with Crippen LogP contribution in [0.15, 0.2) is 103 Å². The highest BCUT2D eigenvalue weighted by Crippen LogP contribution is 2.32.